The summed E-state index contributed by atoms with van der Waals surface area (Å²) in [6.45, 7) is 7.25. The molecule has 3 aliphatic rings. The van der Waals surface area contributed by atoms with Gasteiger partial charge in [0.2, 0.25) is 11.8 Å². The fourth-order valence-corrected chi connectivity index (χ4v) is 7.56. The van der Waals surface area contributed by atoms with Gasteiger partial charge in [0.15, 0.2) is 5.69 Å². The van der Waals surface area contributed by atoms with Crippen LogP contribution in [0.1, 0.15) is 103 Å². The van der Waals surface area contributed by atoms with E-state index in [1.165, 1.54) is 22.9 Å². The van der Waals surface area contributed by atoms with Crippen LogP contribution < -0.4 is 15.4 Å². The maximum absolute atomic E-state index is 14.4. The molecule has 4 amide bonds. The normalized spacial score (nSPS) is 24.1. The van der Waals surface area contributed by atoms with Gasteiger partial charge in [-0.2, -0.15) is 13.2 Å². The summed E-state index contributed by atoms with van der Waals surface area (Å²) in [6.07, 6.45) is 4.06. The van der Waals surface area contributed by atoms with Crippen LogP contribution in [0.4, 0.5) is 18.0 Å². The Kier molecular flexibility index (Phi) is 12.6. The SMILES string of the molecule is CC(C)(C)OC(=O)NC1CCCCCC=CCC(C(=O)NSC2(C)CC2)NC(=O)C2CC(CCc3c(O)c(C(F)(F)F)nc4ccccc34)CN2C1=O. The highest BCUT2D eigenvalue weighted by molar-refractivity contribution is 7.99. The molecule has 290 valence electrons. The molecule has 3 heterocycles. The maximum atomic E-state index is 14.4. The van der Waals surface area contributed by atoms with E-state index in [1.54, 1.807) is 39.0 Å². The Morgan fingerprint density at radius 2 is 1.85 bits per heavy atom. The first kappa shape index (κ1) is 40.2. The standard InChI is InChI=1S/C38H50F3N5O6S/c1-36(2,3)52-35(51)44-28-16-10-8-6-5-7-9-15-27(32(48)45-53-37(4)19-20-37)43-33(49)29-21-23(22-46(29)34(28)50)17-18-25-24-13-11-12-14-26(24)42-31(30(25)47)38(39,40)41/h7,9,11-14,23,27-29,47H,5-6,8,10,15-22H2,1-4H3,(H,43,49)(H,44,51)(H,45,48). The quantitative estimate of drug-likeness (QED) is 0.180. The predicted molar refractivity (Wildman–Crippen MR) is 196 cm³/mol. The molecule has 1 saturated heterocycles. The van der Waals surface area contributed by atoms with Gasteiger partial charge in [-0.05, 0) is 109 Å². The lowest BCUT2D eigenvalue weighted by Gasteiger charge is -2.30. The average molecular weight is 762 g/mol. The Bertz CT molecular complexity index is 1710. The van der Waals surface area contributed by atoms with Crippen molar-refractivity contribution < 1.29 is 42.2 Å². The third-order valence-electron chi connectivity index (χ3n) is 9.89. The molecule has 4 unspecified atom stereocenters. The number of alkyl carbamates (subject to hydrolysis) is 1. The number of pyridine rings is 1. The number of aromatic hydroxyl groups is 1. The highest BCUT2D eigenvalue weighted by atomic mass is 32.2. The molecule has 2 aliphatic heterocycles. The number of rotatable bonds is 7. The molecule has 2 fully saturated rings. The van der Waals surface area contributed by atoms with Gasteiger partial charge in [-0.25, -0.2) is 9.78 Å². The fraction of sp³-hybridized carbons (Fsp3) is 0.605. The van der Waals surface area contributed by atoms with Crippen molar-refractivity contribution in [2.24, 2.45) is 5.92 Å². The summed E-state index contributed by atoms with van der Waals surface area (Å²) in [5.41, 5.74) is -2.02. The second-order valence-electron chi connectivity index (χ2n) is 15.6. The van der Waals surface area contributed by atoms with Gasteiger partial charge in [-0.3, -0.25) is 19.1 Å². The van der Waals surface area contributed by atoms with Crippen LogP contribution in [0.25, 0.3) is 10.9 Å². The van der Waals surface area contributed by atoms with Crippen LogP contribution in [0, 0.1) is 5.92 Å². The number of halogens is 3. The molecular weight excluding hydrogens is 712 g/mol. The van der Waals surface area contributed by atoms with Crippen LogP contribution in [-0.2, 0) is 31.7 Å². The number of hydrogen-bond donors (Lipinski definition) is 4. The zero-order valence-corrected chi connectivity index (χ0v) is 31.5. The van der Waals surface area contributed by atoms with E-state index in [2.05, 4.69) is 27.3 Å². The number of nitrogens with one attached hydrogen (secondary N) is 3. The minimum absolute atomic E-state index is 0.0182. The molecule has 1 aromatic heterocycles. The van der Waals surface area contributed by atoms with E-state index in [4.69, 9.17) is 4.74 Å². The molecule has 0 radical (unpaired) electrons. The molecule has 2 aromatic rings. The van der Waals surface area contributed by atoms with Crippen LogP contribution in [0.5, 0.6) is 5.75 Å². The number of amides is 4. The first-order valence-corrected chi connectivity index (χ1v) is 19.2. The van der Waals surface area contributed by atoms with E-state index in [-0.39, 0.29) is 59.9 Å². The number of aromatic nitrogens is 1. The number of nitrogens with zero attached hydrogens (tertiary/aromatic N) is 2. The van der Waals surface area contributed by atoms with Crippen molar-refractivity contribution in [3.8, 4) is 5.75 Å². The average Bonchev–Trinajstić information content (AvgIpc) is 3.66. The van der Waals surface area contributed by atoms with Crippen LogP contribution in [-0.4, -0.2) is 73.8 Å². The van der Waals surface area contributed by atoms with Crippen LogP contribution in [0.3, 0.4) is 0 Å². The summed E-state index contributed by atoms with van der Waals surface area (Å²) < 4.78 is 50.0. The number of carbonyl (C=O) groups excluding carboxylic acids is 4. The number of hydrogen-bond acceptors (Lipinski definition) is 8. The molecule has 1 aromatic carbocycles. The molecular formula is C38H50F3N5O6S. The van der Waals surface area contributed by atoms with Crippen LogP contribution in [0.15, 0.2) is 36.4 Å². The monoisotopic (exact) mass is 761 g/mol. The molecule has 53 heavy (non-hydrogen) atoms. The second-order valence-corrected chi connectivity index (χ2v) is 17.0. The molecule has 0 bridgehead atoms. The second kappa shape index (κ2) is 16.6. The fourth-order valence-electron chi connectivity index (χ4n) is 6.76. The van der Waals surface area contributed by atoms with Crippen molar-refractivity contribution in [1.82, 2.24) is 25.2 Å². The Hall–Kier alpha value is -4.01. The summed E-state index contributed by atoms with van der Waals surface area (Å²) in [5, 5.41) is 16.8. The lowest BCUT2D eigenvalue weighted by Crippen LogP contribution is -2.56. The lowest BCUT2D eigenvalue weighted by atomic mass is 9.94. The molecule has 0 spiro atoms. The first-order chi connectivity index (χ1) is 24.9. The number of carbonyl (C=O) groups is 4. The maximum Gasteiger partial charge on any atom is 0.437 e. The first-order valence-electron chi connectivity index (χ1n) is 18.3. The van der Waals surface area contributed by atoms with Gasteiger partial charge < -0.3 is 25.4 Å². The molecule has 11 nitrogen and oxygen atoms in total. The summed E-state index contributed by atoms with van der Waals surface area (Å²) in [5.74, 6) is -2.70. The van der Waals surface area contributed by atoms with Gasteiger partial charge in [0, 0.05) is 22.2 Å². The molecule has 4 atom stereocenters. The van der Waals surface area contributed by atoms with Crippen molar-refractivity contribution in [2.75, 3.05) is 6.54 Å². The highest BCUT2D eigenvalue weighted by Gasteiger charge is 2.44. The van der Waals surface area contributed by atoms with Crippen molar-refractivity contribution in [2.45, 2.75) is 133 Å². The van der Waals surface area contributed by atoms with Gasteiger partial charge in [-0.1, -0.05) is 43.2 Å². The number of alkyl halides is 3. The lowest BCUT2D eigenvalue weighted by molar-refractivity contribution is -0.142. The van der Waals surface area contributed by atoms with Gasteiger partial charge in [0.1, 0.15) is 29.5 Å². The van der Waals surface area contributed by atoms with Crippen LogP contribution in [0.2, 0.25) is 0 Å². The smallest absolute Gasteiger partial charge is 0.437 e. The molecule has 15 heteroatoms. The number of aryl methyl sites for hydroxylation is 1. The third-order valence-corrected chi connectivity index (χ3v) is 11.1. The number of allylic oxidation sites excluding steroid dienone is 1. The van der Waals surface area contributed by atoms with E-state index < -0.39 is 59.3 Å². The largest absolute Gasteiger partial charge is 0.505 e. The number of benzene rings is 1. The molecule has 4 N–H and O–H groups in total. The van der Waals surface area contributed by atoms with E-state index in [0.29, 0.717) is 18.2 Å². The number of para-hydroxylation sites is 1. The Morgan fingerprint density at radius 1 is 1.11 bits per heavy atom. The Balaban J connectivity index is 1.43. The van der Waals surface area contributed by atoms with E-state index >= 15 is 0 Å². The summed E-state index contributed by atoms with van der Waals surface area (Å²) in [6, 6.07) is 3.33. The van der Waals surface area contributed by atoms with Crippen molar-refractivity contribution in [1.29, 1.82) is 0 Å². The van der Waals surface area contributed by atoms with Crippen molar-refractivity contribution >= 4 is 46.7 Å². The Morgan fingerprint density at radius 3 is 2.55 bits per heavy atom. The summed E-state index contributed by atoms with van der Waals surface area (Å²) >= 11 is 1.34. The number of fused-ring (bicyclic) bond motifs is 2. The zero-order valence-electron chi connectivity index (χ0n) is 30.7. The molecule has 5 rings (SSSR count). The van der Waals surface area contributed by atoms with Crippen molar-refractivity contribution in [3.05, 3.63) is 47.7 Å². The third kappa shape index (κ3) is 10.8. The number of ether oxygens (including phenoxy) is 1. The zero-order chi connectivity index (χ0) is 38.6. The van der Waals surface area contributed by atoms with Crippen LogP contribution >= 0.6 is 11.9 Å². The minimum atomic E-state index is -4.88. The van der Waals surface area contributed by atoms with Gasteiger partial charge in [-0.15, -0.1) is 0 Å². The van der Waals surface area contributed by atoms with Gasteiger partial charge in [0.05, 0.1) is 5.52 Å². The van der Waals surface area contributed by atoms with Crippen molar-refractivity contribution in [3.63, 3.8) is 0 Å². The molecule has 1 aliphatic carbocycles. The van der Waals surface area contributed by atoms with Gasteiger partial charge in [0.25, 0.3) is 5.91 Å². The van der Waals surface area contributed by atoms with E-state index in [0.717, 1.165) is 32.1 Å². The highest BCUT2D eigenvalue weighted by Crippen LogP contribution is 2.46. The predicted octanol–water partition coefficient (Wildman–Crippen LogP) is 6.71. The van der Waals surface area contributed by atoms with E-state index in [9.17, 15) is 37.5 Å². The topological polar surface area (TPSA) is 150 Å². The van der Waals surface area contributed by atoms with Gasteiger partial charge >= 0.3 is 12.3 Å². The molecule has 1 saturated carbocycles. The summed E-state index contributed by atoms with van der Waals surface area (Å²) in [4.78, 5) is 59.9. The Labute approximate surface area is 312 Å². The van der Waals surface area contributed by atoms with E-state index in [1.807, 2.05) is 12.2 Å². The minimum Gasteiger partial charge on any atom is -0.505 e. The summed E-state index contributed by atoms with van der Waals surface area (Å²) in [7, 11) is 0.